The molecule has 3 aromatic carbocycles. The van der Waals surface area contributed by atoms with Gasteiger partial charge in [-0.15, -0.1) is 0 Å². The van der Waals surface area contributed by atoms with Gasteiger partial charge in [0.05, 0.1) is 33.3 Å². The van der Waals surface area contributed by atoms with Crippen molar-refractivity contribution in [3.63, 3.8) is 0 Å². The fourth-order valence-electron chi connectivity index (χ4n) is 5.02. The molecule has 4 aromatic rings. The zero-order chi connectivity index (χ0) is 37.1. The molecule has 0 amide bonds. The summed E-state index contributed by atoms with van der Waals surface area (Å²) in [5.74, 6) is 1.51. The van der Waals surface area contributed by atoms with E-state index in [1.165, 1.54) is 16.8 Å². The van der Waals surface area contributed by atoms with E-state index < -0.39 is 14.1 Å². The molecule has 0 radical (unpaired) electrons. The van der Waals surface area contributed by atoms with Gasteiger partial charge in [-0.1, -0.05) is 67.9 Å². The monoisotopic (exact) mass is 706 g/mol. The van der Waals surface area contributed by atoms with Gasteiger partial charge < -0.3 is 28.6 Å². The van der Waals surface area contributed by atoms with Gasteiger partial charge in [-0.3, -0.25) is 9.78 Å². The lowest BCUT2D eigenvalue weighted by Gasteiger charge is -2.32. The van der Waals surface area contributed by atoms with Crippen LogP contribution < -0.4 is 20.7 Å². The van der Waals surface area contributed by atoms with Gasteiger partial charge in [0.1, 0.15) is 17.1 Å². The van der Waals surface area contributed by atoms with E-state index in [-0.39, 0.29) is 23.3 Å². The summed E-state index contributed by atoms with van der Waals surface area (Å²) in [5, 5.41) is 20.0. The van der Waals surface area contributed by atoms with Crippen LogP contribution in [-0.2, 0) is 16.7 Å². The summed E-state index contributed by atoms with van der Waals surface area (Å²) in [6, 6.07) is 28.4. The van der Waals surface area contributed by atoms with E-state index in [2.05, 4.69) is 11.9 Å². The zero-order valence-electron chi connectivity index (χ0n) is 30.1. The molecule has 0 spiro atoms. The minimum absolute atomic E-state index is 0.244. The van der Waals surface area contributed by atoms with Crippen LogP contribution in [0.3, 0.4) is 0 Å². The molecule has 3 N–H and O–H groups in total. The van der Waals surface area contributed by atoms with E-state index in [0.29, 0.717) is 19.6 Å². The maximum atomic E-state index is 11.7. The molecule has 0 saturated carbocycles. The molecule has 0 aliphatic heterocycles. The van der Waals surface area contributed by atoms with Crippen molar-refractivity contribution in [1.82, 2.24) is 14.2 Å². The number of ether oxygens (including phenoxy) is 2. The van der Waals surface area contributed by atoms with Gasteiger partial charge >= 0.3 is 5.69 Å². The maximum absolute atomic E-state index is 11.7. The topological polar surface area (TPSA) is 150 Å². The molecule has 270 valence electrons. The smallest absolute Gasteiger partial charge is 0.328 e. The highest BCUT2D eigenvalue weighted by molar-refractivity contribution is 7.43. The van der Waals surface area contributed by atoms with Gasteiger partial charge in [0, 0.05) is 30.9 Å². The third kappa shape index (κ3) is 12.5. The summed E-state index contributed by atoms with van der Waals surface area (Å²) in [5.41, 5.74) is 0.447. The lowest BCUT2D eigenvalue weighted by atomic mass is 9.80. The number of nitrogens with zero attached hydrogens (tertiary/aromatic N) is 3. The van der Waals surface area contributed by atoms with E-state index in [9.17, 15) is 19.6 Å². The molecule has 0 bridgehead atoms. The Morgan fingerprint density at radius 1 is 0.860 bits per heavy atom. The molecular weight excluding hydrogens is 655 g/mol. The third-order valence-corrected chi connectivity index (χ3v) is 9.27. The van der Waals surface area contributed by atoms with Crippen molar-refractivity contribution in [3.8, 4) is 17.6 Å². The summed E-state index contributed by atoms with van der Waals surface area (Å²) in [6.07, 6.45) is 3.83. The molecule has 12 heteroatoms. The summed E-state index contributed by atoms with van der Waals surface area (Å²) < 4.78 is 19.1. The van der Waals surface area contributed by atoms with Crippen molar-refractivity contribution < 1.29 is 24.0 Å². The quantitative estimate of drug-likeness (QED) is 0.0751. The summed E-state index contributed by atoms with van der Waals surface area (Å²) in [7, 11) is 1.70. The number of aromatic amines is 1. The van der Waals surface area contributed by atoms with Gasteiger partial charge in [-0.25, -0.2) is 9.46 Å². The number of aliphatic hydroxyl groups is 1. The van der Waals surface area contributed by atoms with Crippen molar-refractivity contribution in [2.24, 2.45) is 0 Å². The number of hydrogen-bond acceptors (Lipinski definition) is 9. The molecular formula is C38H51N4O7P. The van der Waals surface area contributed by atoms with Crippen molar-refractivity contribution in [2.75, 3.05) is 20.8 Å². The second-order valence-electron chi connectivity index (χ2n) is 11.8. The Labute approximate surface area is 296 Å². The Bertz CT molecular complexity index is 1630. The van der Waals surface area contributed by atoms with Crippen LogP contribution in [0.2, 0.25) is 0 Å². The van der Waals surface area contributed by atoms with E-state index in [0.717, 1.165) is 41.0 Å². The number of benzene rings is 3. The van der Waals surface area contributed by atoms with Gasteiger partial charge in [0.2, 0.25) is 0 Å². The molecule has 1 heterocycles. The summed E-state index contributed by atoms with van der Waals surface area (Å²) in [6.45, 7) is 11.1. The lowest BCUT2D eigenvalue weighted by molar-refractivity contribution is 0.125. The van der Waals surface area contributed by atoms with Crippen molar-refractivity contribution in [3.05, 3.63) is 129 Å². The summed E-state index contributed by atoms with van der Waals surface area (Å²) in [4.78, 5) is 33.6. The molecule has 1 atom stereocenters. The molecule has 0 aliphatic carbocycles. The Morgan fingerprint density at radius 2 is 1.36 bits per heavy atom. The second-order valence-corrected chi connectivity index (χ2v) is 13.0. The maximum Gasteiger partial charge on any atom is 0.328 e. The zero-order valence-corrected chi connectivity index (χ0v) is 31.0. The fourth-order valence-corrected chi connectivity index (χ4v) is 6.20. The number of hydrogen-bond donors (Lipinski definition) is 3. The van der Waals surface area contributed by atoms with E-state index in [1.54, 1.807) is 14.2 Å². The number of aryl methyl sites for hydroxylation is 1. The lowest BCUT2D eigenvalue weighted by Crippen LogP contribution is -2.32. The highest BCUT2D eigenvalue weighted by Gasteiger charge is 2.33. The SMILES string of the molecule is CC(C)N(C(C)C)P(O)OCCC#N.CCCCn1ccc(=O)[nH]c1=O.COc1ccc(C(O)(c2ccccc2)c2ccc(OC)cc2)cc1. The number of H-pyrrole nitrogens is 1. The van der Waals surface area contributed by atoms with Crippen LogP contribution >= 0.6 is 8.53 Å². The van der Waals surface area contributed by atoms with Crippen LogP contribution in [0.5, 0.6) is 11.5 Å². The highest BCUT2D eigenvalue weighted by Crippen LogP contribution is 2.40. The van der Waals surface area contributed by atoms with Crippen LogP contribution in [-0.4, -0.2) is 57.1 Å². The first kappa shape index (κ1) is 41.9. The number of rotatable bonds is 14. The number of nitrogens with one attached hydrogen (secondary N) is 1. The molecule has 0 saturated heterocycles. The third-order valence-electron chi connectivity index (χ3n) is 7.53. The van der Waals surface area contributed by atoms with Gasteiger partial charge in [-0.05, 0) is 75.1 Å². The molecule has 0 aliphatic rings. The van der Waals surface area contributed by atoms with Gasteiger partial charge in [0.15, 0.2) is 0 Å². The molecule has 50 heavy (non-hydrogen) atoms. The Balaban J connectivity index is 0.000000285. The Kier molecular flexibility index (Phi) is 18.2. The van der Waals surface area contributed by atoms with Crippen LogP contribution in [0.1, 0.15) is 70.6 Å². The predicted octanol–water partition coefficient (Wildman–Crippen LogP) is 6.58. The van der Waals surface area contributed by atoms with Crippen LogP contribution in [0.15, 0.2) is 101 Å². The van der Waals surface area contributed by atoms with Gasteiger partial charge in [-0.2, -0.15) is 5.26 Å². The van der Waals surface area contributed by atoms with E-state index in [4.69, 9.17) is 19.3 Å². The van der Waals surface area contributed by atoms with E-state index in [1.807, 2.05) is 117 Å². The Hall–Kier alpha value is -4.30. The van der Waals surface area contributed by atoms with Crippen LogP contribution in [0.4, 0.5) is 0 Å². The average molecular weight is 707 g/mol. The van der Waals surface area contributed by atoms with Crippen LogP contribution in [0.25, 0.3) is 0 Å². The molecule has 0 fully saturated rings. The minimum Gasteiger partial charge on any atom is -0.497 e. The van der Waals surface area contributed by atoms with E-state index >= 15 is 0 Å². The number of aromatic nitrogens is 2. The molecule has 11 nitrogen and oxygen atoms in total. The van der Waals surface area contributed by atoms with Crippen molar-refractivity contribution in [1.29, 1.82) is 5.26 Å². The standard InChI is InChI=1S/C21H20O3.C9H19N2O2P.C8H12N2O2/c1-23-19-12-8-17(9-13-19)21(22,16-6-4-3-5-7-16)18-10-14-20(24-2)15-11-18;1-8(2)11(9(3)4)14(12)13-7-5-6-10;1-2-3-5-10-6-4-7(11)9-8(10)12/h3-15,22H,1-2H3;8-9,12H,5,7H2,1-4H3;4,6H,2-3,5H2,1H3,(H,9,11,12). The first-order valence-corrected chi connectivity index (χ1v) is 17.7. The minimum atomic E-state index is -1.55. The normalized spacial score (nSPS) is 11.6. The molecule has 1 unspecified atom stereocenters. The molecule has 1 aromatic heterocycles. The highest BCUT2D eigenvalue weighted by atomic mass is 31.2. The van der Waals surface area contributed by atoms with Gasteiger partial charge in [0.25, 0.3) is 14.1 Å². The second kappa shape index (κ2) is 21.7. The van der Waals surface area contributed by atoms with Crippen molar-refractivity contribution >= 4 is 8.53 Å². The molecule has 4 rings (SSSR count). The number of nitriles is 1. The summed E-state index contributed by atoms with van der Waals surface area (Å²) >= 11 is 0. The average Bonchev–Trinajstić information content (AvgIpc) is 3.12. The predicted molar refractivity (Wildman–Crippen MR) is 198 cm³/mol. The first-order valence-electron chi connectivity index (χ1n) is 16.6. The fraction of sp³-hybridized carbons (Fsp3) is 0.395. The van der Waals surface area contributed by atoms with Crippen LogP contribution in [0, 0.1) is 11.3 Å². The van der Waals surface area contributed by atoms with Crippen molar-refractivity contribution in [2.45, 2.75) is 78.1 Å². The number of methoxy groups -OCH3 is 2. The Morgan fingerprint density at radius 3 is 1.78 bits per heavy atom. The number of unbranched alkanes of at least 4 members (excludes halogenated alkanes) is 1. The first-order chi connectivity index (χ1) is 23.9. The largest absolute Gasteiger partial charge is 0.497 e.